The van der Waals surface area contributed by atoms with Crippen molar-refractivity contribution in [2.45, 2.75) is 77.4 Å². The predicted octanol–water partition coefficient (Wildman–Crippen LogP) is 2.78. The average molecular weight is 261 g/mol. The quantitative estimate of drug-likeness (QED) is 0.670. The van der Waals surface area contributed by atoms with Gasteiger partial charge >= 0.3 is 0 Å². The molecule has 0 fully saturated rings. The lowest BCUT2D eigenvalue weighted by molar-refractivity contribution is 0.728. The van der Waals surface area contributed by atoms with Crippen molar-refractivity contribution in [3.05, 3.63) is 0 Å². The molecule has 0 spiro atoms. The molecule has 0 saturated carbocycles. The molecule has 0 rings (SSSR count). The van der Waals surface area contributed by atoms with E-state index in [0.29, 0.717) is 15.1 Å². The van der Waals surface area contributed by atoms with Gasteiger partial charge in [-0.05, 0) is 0 Å². The molecule has 0 aromatic heterocycles. The third-order valence-electron chi connectivity index (χ3n) is 2.94. The maximum atomic E-state index is 2.52. The van der Waals surface area contributed by atoms with Crippen molar-refractivity contribution in [2.24, 2.45) is 0 Å². The van der Waals surface area contributed by atoms with Crippen molar-refractivity contribution in [1.82, 2.24) is 0 Å². The van der Waals surface area contributed by atoms with Crippen molar-refractivity contribution >= 4 is 25.9 Å². The van der Waals surface area contributed by atoms with E-state index in [1.54, 1.807) is 0 Å². The molecule has 0 amide bonds. The molecule has 0 aliphatic rings. The average Bonchev–Trinajstić information content (AvgIpc) is 1.75. The molecule has 0 bridgehead atoms. The van der Waals surface area contributed by atoms with Crippen molar-refractivity contribution in [1.29, 1.82) is 0 Å². The summed E-state index contributed by atoms with van der Waals surface area (Å²) in [5, 5.41) is 2.06. The van der Waals surface area contributed by atoms with Crippen LogP contribution in [0.1, 0.15) is 62.3 Å². The third-order valence-corrected chi connectivity index (χ3v) is 31.7. The molecule has 0 aromatic carbocycles. The molecule has 0 saturated heterocycles. The van der Waals surface area contributed by atoms with Gasteiger partial charge < -0.3 is 0 Å². The molecule has 15 heavy (non-hydrogen) atoms. The van der Waals surface area contributed by atoms with Gasteiger partial charge in [-0.3, -0.25) is 0 Å². The van der Waals surface area contributed by atoms with Gasteiger partial charge in [0.2, 0.25) is 0 Å². The van der Waals surface area contributed by atoms with E-state index in [2.05, 4.69) is 62.3 Å². The summed E-state index contributed by atoms with van der Waals surface area (Å²) in [4.78, 5) is 0. The number of rotatable bonds is 2. The normalized spacial score (nSPS) is 18.2. The fraction of sp³-hybridized carbons (Fsp3) is 1.00. The molecule has 0 nitrogen and oxygen atoms in total. The Morgan fingerprint density at radius 3 is 1.00 bits per heavy atom. The maximum absolute atomic E-state index is 2.52. The zero-order chi connectivity index (χ0) is 12.5. The largest absolute Gasteiger partial charge is 0.0634 e. The lowest BCUT2D eigenvalue weighted by Gasteiger charge is -2.37. The van der Waals surface area contributed by atoms with Gasteiger partial charge in [0.25, 0.3) is 0 Å². The van der Waals surface area contributed by atoms with Crippen LogP contribution in [0.5, 0.6) is 0 Å². The van der Waals surface area contributed by atoms with Crippen LogP contribution in [-0.4, -0.2) is 25.9 Å². The molecule has 0 N–H and O–H groups in total. The highest BCUT2D eigenvalue weighted by Crippen LogP contribution is 2.35. The summed E-state index contributed by atoms with van der Waals surface area (Å²) in [6.07, 6.45) is 0. The highest BCUT2D eigenvalue weighted by Gasteiger charge is 2.33. The Hall–Kier alpha value is 0.651. The SMILES string of the molecule is CC(C)(C)[SiH2][SiH]([SiH2]C(C)(C)C)C(C)(C)C. The van der Waals surface area contributed by atoms with Crippen LogP contribution in [0.2, 0.25) is 15.1 Å². The molecule has 3 heteroatoms. The van der Waals surface area contributed by atoms with Crippen LogP contribution in [-0.2, 0) is 0 Å². The first-order chi connectivity index (χ1) is 6.31. The van der Waals surface area contributed by atoms with Crippen LogP contribution < -0.4 is 0 Å². The summed E-state index contributed by atoms with van der Waals surface area (Å²) in [5.74, 6) is 0. The fourth-order valence-corrected chi connectivity index (χ4v) is 36.4. The smallest absolute Gasteiger partial charge is 0.0205 e. The molecule has 92 valence electrons. The van der Waals surface area contributed by atoms with Crippen LogP contribution >= 0.6 is 0 Å². The summed E-state index contributed by atoms with van der Waals surface area (Å²) >= 11 is 0. The topological polar surface area (TPSA) is 0 Å². The predicted molar refractivity (Wildman–Crippen MR) is 83.4 cm³/mol. The summed E-state index contributed by atoms with van der Waals surface area (Å²) < 4.78 is 0. The molecule has 0 aromatic rings. The van der Waals surface area contributed by atoms with Crippen LogP contribution in [0, 0.1) is 0 Å². The Morgan fingerprint density at radius 2 is 0.867 bits per heavy atom. The van der Waals surface area contributed by atoms with Crippen LogP contribution in [0.25, 0.3) is 0 Å². The van der Waals surface area contributed by atoms with Gasteiger partial charge in [0.05, 0.1) is 0 Å². The van der Waals surface area contributed by atoms with Crippen LogP contribution in [0.4, 0.5) is 0 Å². The van der Waals surface area contributed by atoms with E-state index < -0.39 is 7.83 Å². The molecule has 0 radical (unpaired) electrons. The Labute approximate surface area is 103 Å². The van der Waals surface area contributed by atoms with Gasteiger partial charge in [0.1, 0.15) is 0 Å². The maximum Gasteiger partial charge on any atom is 0.0205 e. The summed E-state index contributed by atoms with van der Waals surface area (Å²) in [5.41, 5.74) is 0. The second kappa shape index (κ2) is 4.88. The first-order valence-corrected chi connectivity index (χ1v) is 14.8. The zero-order valence-electron chi connectivity index (χ0n) is 12.5. The van der Waals surface area contributed by atoms with Gasteiger partial charge in [-0.15, -0.1) is 0 Å². The van der Waals surface area contributed by atoms with Crippen LogP contribution in [0.15, 0.2) is 0 Å². The second-order valence-electron chi connectivity index (χ2n) is 8.59. The third kappa shape index (κ3) is 8.46. The fourth-order valence-electron chi connectivity index (χ4n) is 2.16. The van der Waals surface area contributed by atoms with Gasteiger partial charge in [-0.1, -0.05) is 77.4 Å². The van der Waals surface area contributed by atoms with E-state index in [1.165, 1.54) is 0 Å². The number of hydrogen-bond acceptors (Lipinski definition) is 0. The van der Waals surface area contributed by atoms with E-state index >= 15 is 0 Å². The highest BCUT2D eigenvalue weighted by atomic mass is 29.6. The van der Waals surface area contributed by atoms with E-state index in [1.807, 2.05) is 0 Å². The Kier molecular flexibility index (Phi) is 5.09. The van der Waals surface area contributed by atoms with E-state index in [-0.39, 0.29) is 18.1 Å². The minimum Gasteiger partial charge on any atom is -0.0634 e. The summed E-state index contributed by atoms with van der Waals surface area (Å²) in [6, 6.07) is 0. The van der Waals surface area contributed by atoms with Gasteiger partial charge in [-0.25, -0.2) is 0 Å². The molecule has 0 aliphatic heterocycles. The van der Waals surface area contributed by atoms with E-state index in [4.69, 9.17) is 0 Å². The standard InChI is InChI=1S/C12H32Si3/c1-10(2,3)13-15(12(7,8)9)14-11(4,5)6/h15H,13-14H2,1-9H3. The Morgan fingerprint density at radius 1 is 0.600 bits per heavy atom. The molecular formula is C12H32Si3. The first kappa shape index (κ1) is 15.7. The second-order valence-corrected chi connectivity index (χ2v) is 28.6. The lowest BCUT2D eigenvalue weighted by Crippen LogP contribution is -2.45. The van der Waals surface area contributed by atoms with Gasteiger partial charge in [-0.2, -0.15) is 0 Å². The van der Waals surface area contributed by atoms with Crippen molar-refractivity contribution in [2.75, 3.05) is 0 Å². The lowest BCUT2D eigenvalue weighted by atomic mass is 10.2. The van der Waals surface area contributed by atoms with E-state index in [0.717, 1.165) is 0 Å². The van der Waals surface area contributed by atoms with Crippen molar-refractivity contribution < 1.29 is 0 Å². The number of hydrogen-bond donors (Lipinski definition) is 0. The monoisotopic (exact) mass is 260 g/mol. The molecule has 0 heterocycles. The Balaban J connectivity index is 4.62. The van der Waals surface area contributed by atoms with Crippen molar-refractivity contribution in [3.8, 4) is 0 Å². The minimum atomic E-state index is -0.394. The summed E-state index contributed by atoms with van der Waals surface area (Å²) in [7, 11) is -0.0338. The first-order valence-electron chi connectivity index (χ1n) is 6.31. The molecular weight excluding hydrogens is 228 g/mol. The zero-order valence-corrected chi connectivity index (χ0v) is 16.5. The molecule has 0 aliphatic carbocycles. The van der Waals surface area contributed by atoms with Crippen molar-refractivity contribution in [3.63, 3.8) is 0 Å². The highest BCUT2D eigenvalue weighted by molar-refractivity contribution is 7.41. The summed E-state index contributed by atoms with van der Waals surface area (Å²) in [6.45, 7) is 22.4. The minimum absolute atomic E-state index is 0.180. The molecule has 0 atom stereocenters. The van der Waals surface area contributed by atoms with E-state index in [9.17, 15) is 0 Å². The Bertz CT molecular complexity index is 174. The van der Waals surface area contributed by atoms with Gasteiger partial charge in [0, 0.05) is 25.9 Å². The van der Waals surface area contributed by atoms with Crippen LogP contribution in [0.3, 0.4) is 0 Å². The molecule has 0 unspecified atom stereocenters. The van der Waals surface area contributed by atoms with Gasteiger partial charge in [0.15, 0.2) is 0 Å².